The summed E-state index contributed by atoms with van der Waals surface area (Å²) in [5.74, 6) is 3.43. The molecule has 0 unspecified atom stereocenters. The third-order valence-corrected chi connectivity index (χ3v) is 5.24. The second kappa shape index (κ2) is 8.01. The van der Waals surface area contributed by atoms with E-state index in [1.54, 1.807) is 0 Å². The maximum Gasteiger partial charge on any atom is 0.195 e. The molecular formula is C19H28IN3O2. The van der Waals surface area contributed by atoms with E-state index in [9.17, 15) is 0 Å². The van der Waals surface area contributed by atoms with Crippen LogP contribution in [0.5, 0.6) is 11.5 Å². The van der Waals surface area contributed by atoms with Crippen LogP contribution in [-0.2, 0) is 0 Å². The maximum absolute atomic E-state index is 5.77. The zero-order valence-corrected chi connectivity index (χ0v) is 17.2. The van der Waals surface area contributed by atoms with E-state index < -0.39 is 0 Å². The number of guanidine groups is 1. The molecule has 138 valence electrons. The van der Waals surface area contributed by atoms with Crippen molar-refractivity contribution in [1.29, 1.82) is 0 Å². The lowest BCUT2D eigenvalue weighted by atomic mass is 10.0. The van der Waals surface area contributed by atoms with Gasteiger partial charge in [0.15, 0.2) is 17.5 Å². The van der Waals surface area contributed by atoms with Crippen molar-refractivity contribution >= 4 is 35.6 Å². The number of hydrogen-bond acceptors (Lipinski definition) is 3. The largest absolute Gasteiger partial charge is 0.490 e. The maximum atomic E-state index is 5.77. The van der Waals surface area contributed by atoms with Crippen molar-refractivity contribution in [3.8, 4) is 11.5 Å². The number of benzene rings is 1. The molecule has 0 aromatic heterocycles. The van der Waals surface area contributed by atoms with Gasteiger partial charge < -0.3 is 20.1 Å². The molecule has 2 aliphatic carbocycles. The van der Waals surface area contributed by atoms with Crippen molar-refractivity contribution in [1.82, 2.24) is 5.32 Å². The van der Waals surface area contributed by atoms with E-state index in [0.717, 1.165) is 48.6 Å². The van der Waals surface area contributed by atoms with Crippen molar-refractivity contribution in [2.75, 3.05) is 31.6 Å². The molecular weight excluding hydrogens is 429 g/mol. The minimum Gasteiger partial charge on any atom is -0.490 e. The first kappa shape index (κ1) is 18.6. The zero-order chi connectivity index (χ0) is 16.4. The molecule has 0 atom stereocenters. The van der Waals surface area contributed by atoms with Crippen LogP contribution in [0.2, 0.25) is 0 Å². The van der Waals surface area contributed by atoms with Crippen molar-refractivity contribution in [3.05, 3.63) is 18.2 Å². The van der Waals surface area contributed by atoms with Crippen LogP contribution in [0.3, 0.4) is 0 Å². The van der Waals surface area contributed by atoms with E-state index in [4.69, 9.17) is 14.5 Å². The van der Waals surface area contributed by atoms with Crippen molar-refractivity contribution in [2.45, 2.75) is 39.0 Å². The lowest BCUT2D eigenvalue weighted by molar-refractivity contribution is 0.297. The van der Waals surface area contributed by atoms with Crippen LogP contribution in [0.15, 0.2) is 23.2 Å². The summed E-state index contributed by atoms with van der Waals surface area (Å²) >= 11 is 0. The zero-order valence-electron chi connectivity index (χ0n) is 14.8. The number of halogens is 1. The van der Waals surface area contributed by atoms with E-state index in [2.05, 4.69) is 17.6 Å². The van der Waals surface area contributed by atoms with Gasteiger partial charge in [0.2, 0.25) is 0 Å². The van der Waals surface area contributed by atoms with Gasteiger partial charge in [-0.25, -0.2) is 0 Å². The molecule has 1 aliphatic heterocycles. The molecule has 0 spiro atoms. The molecule has 2 saturated carbocycles. The molecule has 5 nitrogen and oxygen atoms in total. The molecule has 0 radical (unpaired) electrons. The van der Waals surface area contributed by atoms with E-state index in [1.165, 1.54) is 25.7 Å². The van der Waals surface area contributed by atoms with E-state index in [0.29, 0.717) is 18.6 Å². The summed E-state index contributed by atoms with van der Waals surface area (Å²) in [6.07, 6.45) is 6.43. The summed E-state index contributed by atoms with van der Waals surface area (Å²) in [6, 6.07) is 5.99. The Morgan fingerprint density at radius 2 is 1.96 bits per heavy atom. The minimum absolute atomic E-state index is 0. The van der Waals surface area contributed by atoms with Gasteiger partial charge in [0.25, 0.3) is 0 Å². The van der Waals surface area contributed by atoms with Crippen LogP contribution >= 0.6 is 24.0 Å². The molecule has 2 N–H and O–H groups in total. The molecule has 6 heteroatoms. The number of fused-ring (bicyclic) bond motifs is 1. The SMILES string of the molecule is CCNC(=NCC1(C2CC2)CC1)Nc1ccc2c(c1)OCCCO2.I. The lowest BCUT2D eigenvalue weighted by Gasteiger charge is -2.16. The average Bonchev–Trinajstić information content (AvgIpc) is 3.47. The Kier molecular flexibility index (Phi) is 5.96. The van der Waals surface area contributed by atoms with Crippen LogP contribution in [0.1, 0.15) is 39.0 Å². The molecule has 1 aromatic rings. The average molecular weight is 457 g/mol. The predicted octanol–water partition coefficient (Wildman–Crippen LogP) is 4.03. The first-order chi connectivity index (χ1) is 11.8. The third-order valence-electron chi connectivity index (χ3n) is 5.24. The summed E-state index contributed by atoms with van der Waals surface area (Å²) in [4.78, 5) is 4.86. The monoisotopic (exact) mass is 457 g/mol. The first-order valence-corrected chi connectivity index (χ1v) is 9.24. The van der Waals surface area contributed by atoms with E-state index in [-0.39, 0.29) is 24.0 Å². The molecule has 0 bridgehead atoms. The second-order valence-electron chi connectivity index (χ2n) is 7.17. The Labute approximate surface area is 167 Å². The molecule has 4 rings (SSSR count). The summed E-state index contributed by atoms with van der Waals surface area (Å²) < 4.78 is 11.5. The van der Waals surface area contributed by atoms with Gasteiger partial charge in [0.1, 0.15) is 0 Å². The van der Waals surface area contributed by atoms with Gasteiger partial charge in [0.05, 0.1) is 13.2 Å². The van der Waals surface area contributed by atoms with Gasteiger partial charge >= 0.3 is 0 Å². The Morgan fingerprint density at radius 3 is 2.64 bits per heavy atom. The highest BCUT2D eigenvalue weighted by molar-refractivity contribution is 14.0. The van der Waals surface area contributed by atoms with Gasteiger partial charge in [-0.05, 0) is 56.1 Å². The van der Waals surface area contributed by atoms with Gasteiger partial charge in [-0.15, -0.1) is 24.0 Å². The first-order valence-electron chi connectivity index (χ1n) is 9.24. The van der Waals surface area contributed by atoms with Gasteiger partial charge in [-0.2, -0.15) is 0 Å². The molecule has 25 heavy (non-hydrogen) atoms. The van der Waals surface area contributed by atoms with Crippen LogP contribution in [-0.4, -0.2) is 32.3 Å². The Bertz CT molecular complexity index is 627. The Hall–Kier alpha value is -1.18. The normalized spacial score (nSPS) is 20.9. The summed E-state index contributed by atoms with van der Waals surface area (Å²) in [6.45, 7) is 5.31. The highest BCUT2D eigenvalue weighted by atomic mass is 127. The molecule has 1 heterocycles. The van der Waals surface area contributed by atoms with E-state index in [1.807, 2.05) is 18.2 Å². The minimum atomic E-state index is 0. The number of ether oxygens (including phenoxy) is 2. The predicted molar refractivity (Wildman–Crippen MR) is 111 cm³/mol. The van der Waals surface area contributed by atoms with Crippen molar-refractivity contribution < 1.29 is 9.47 Å². The Balaban J connectivity index is 0.00000182. The number of nitrogens with one attached hydrogen (secondary N) is 2. The summed E-state index contributed by atoms with van der Waals surface area (Å²) in [5.41, 5.74) is 1.50. The van der Waals surface area contributed by atoms with Crippen LogP contribution in [0.4, 0.5) is 5.69 Å². The highest BCUT2D eigenvalue weighted by Crippen LogP contribution is 2.61. The van der Waals surface area contributed by atoms with Gasteiger partial charge in [0, 0.05) is 31.3 Å². The fourth-order valence-electron chi connectivity index (χ4n) is 3.47. The second-order valence-corrected chi connectivity index (χ2v) is 7.17. The quantitative estimate of drug-likeness (QED) is 0.398. The van der Waals surface area contributed by atoms with Crippen LogP contribution in [0.25, 0.3) is 0 Å². The topological polar surface area (TPSA) is 54.9 Å². The van der Waals surface area contributed by atoms with Crippen LogP contribution in [0, 0.1) is 11.3 Å². The number of nitrogens with zero attached hydrogens (tertiary/aromatic N) is 1. The lowest BCUT2D eigenvalue weighted by Crippen LogP contribution is -2.31. The standard InChI is InChI=1S/C19H27N3O2.HI/c1-2-20-18(21-13-19(8-9-19)14-4-5-14)22-15-6-7-16-17(12-15)24-11-3-10-23-16;/h6-7,12,14H,2-5,8-11,13H2,1H3,(H2,20,21,22);1H. The molecule has 0 saturated heterocycles. The molecule has 0 amide bonds. The van der Waals surface area contributed by atoms with Crippen molar-refractivity contribution in [2.24, 2.45) is 16.3 Å². The summed E-state index contributed by atoms with van der Waals surface area (Å²) in [5, 5.41) is 6.76. The fraction of sp³-hybridized carbons (Fsp3) is 0.632. The third kappa shape index (κ3) is 4.51. The van der Waals surface area contributed by atoms with Crippen LogP contribution < -0.4 is 20.1 Å². The smallest absolute Gasteiger partial charge is 0.195 e. The summed E-state index contributed by atoms with van der Waals surface area (Å²) in [7, 11) is 0. The fourth-order valence-corrected chi connectivity index (χ4v) is 3.47. The number of anilines is 1. The molecule has 2 fully saturated rings. The number of hydrogen-bond donors (Lipinski definition) is 2. The van der Waals surface area contributed by atoms with Gasteiger partial charge in [-0.1, -0.05) is 0 Å². The van der Waals surface area contributed by atoms with E-state index >= 15 is 0 Å². The highest BCUT2D eigenvalue weighted by Gasteiger charge is 2.53. The Morgan fingerprint density at radius 1 is 1.20 bits per heavy atom. The van der Waals surface area contributed by atoms with Crippen molar-refractivity contribution in [3.63, 3.8) is 0 Å². The van der Waals surface area contributed by atoms with Gasteiger partial charge in [-0.3, -0.25) is 4.99 Å². The molecule has 3 aliphatic rings. The molecule has 1 aromatic carbocycles. The number of aliphatic imine (C=N–C) groups is 1. The number of rotatable bonds is 5.